The maximum atomic E-state index is 12.6. The Labute approximate surface area is 122 Å². The second-order valence-corrected chi connectivity index (χ2v) is 4.76. The van der Waals surface area contributed by atoms with E-state index in [2.05, 4.69) is 5.32 Å². The van der Waals surface area contributed by atoms with Crippen LogP contribution in [0, 0.1) is 0 Å². The molecular weight excluding hydrogens is 279 g/mol. The molecule has 114 valence electrons. The molecule has 0 bridgehead atoms. The number of halogens is 3. The van der Waals surface area contributed by atoms with E-state index in [1.807, 2.05) is 19.9 Å². The molecule has 1 aromatic carbocycles. The number of rotatable bonds is 5. The van der Waals surface area contributed by atoms with Crippen molar-refractivity contribution < 1.29 is 17.6 Å². The second-order valence-electron chi connectivity index (χ2n) is 4.76. The van der Waals surface area contributed by atoms with E-state index in [1.165, 1.54) is 12.1 Å². The van der Waals surface area contributed by atoms with E-state index in [-0.39, 0.29) is 6.04 Å². The fourth-order valence-electron chi connectivity index (χ4n) is 2.37. The molecule has 2 aromatic rings. The van der Waals surface area contributed by atoms with Crippen molar-refractivity contribution in [3.8, 4) is 0 Å². The monoisotopic (exact) mass is 297 g/mol. The summed E-state index contributed by atoms with van der Waals surface area (Å²) >= 11 is 0. The lowest BCUT2D eigenvalue weighted by Crippen LogP contribution is -2.22. The topological polar surface area (TPSA) is 25.2 Å². The first-order valence-electron chi connectivity index (χ1n) is 6.94. The van der Waals surface area contributed by atoms with Gasteiger partial charge in [0, 0.05) is 12.0 Å². The van der Waals surface area contributed by atoms with Gasteiger partial charge in [0.25, 0.3) is 0 Å². The van der Waals surface area contributed by atoms with Gasteiger partial charge in [0.2, 0.25) is 0 Å². The Morgan fingerprint density at radius 2 is 1.76 bits per heavy atom. The Hall–Kier alpha value is -1.75. The van der Waals surface area contributed by atoms with Crippen LogP contribution in [0.1, 0.15) is 42.3 Å². The van der Waals surface area contributed by atoms with Crippen LogP contribution in [0.5, 0.6) is 0 Å². The van der Waals surface area contributed by atoms with E-state index in [0.717, 1.165) is 35.4 Å². The van der Waals surface area contributed by atoms with E-state index in [0.29, 0.717) is 6.54 Å². The van der Waals surface area contributed by atoms with Crippen LogP contribution in [0.25, 0.3) is 0 Å². The molecule has 1 aromatic heterocycles. The summed E-state index contributed by atoms with van der Waals surface area (Å²) in [5, 5.41) is 3.29. The molecule has 0 saturated heterocycles. The standard InChI is InChI=1S/C16H18F3NO/c1-3-14-13(9-10-21-14)15(20-4-2)11-5-7-12(8-6-11)16(17,18)19/h5-10,15,20H,3-4H2,1-2H3. The van der Waals surface area contributed by atoms with E-state index < -0.39 is 11.7 Å². The Kier molecular flexibility index (Phi) is 4.73. The van der Waals surface area contributed by atoms with E-state index >= 15 is 0 Å². The van der Waals surface area contributed by atoms with Gasteiger partial charge in [-0.3, -0.25) is 0 Å². The summed E-state index contributed by atoms with van der Waals surface area (Å²) in [6, 6.07) is 6.97. The van der Waals surface area contributed by atoms with Crippen molar-refractivity contribution in [2.75, 3.05) is 6.54 Å². The van der Waals surface area contributed by atoms with E-state index in [9.17, 15) is 13.2 Å². The number of hydrogen-bond acceptors (Lipinski definition) is 2. The number of furan rings is 1. The molecule has 2 nitrogen and oxygen atoms in total. The largest absolute Gasteiger partial charge is 0.469 e. The Bertz CT molecular complexity index is 572. The smallest absolute Gasteiger partial charge is 0.416 e. The minimum absolute atomic E-state index is 0.161. The number of benzene rings is 1. The molecule has 1 unspecified atom stereocenters. The number of nitrogens with one attached hydrogen (secondary N) is 1. The summed E-state index contributed by atoms with van der Waals surface area (Å²) in [4.78, 5) is 0. The quantitative estimate of drug-likeness (QED) is 0.875. The molecule has 0 spiro atoms. The lowest BCUT2D eigenvalue weighted by molar-refractivity contribution is -0.137. The minimum Gasteiger partial charge on any atom is -0.469 e. The molecule has 0 amide bonds. The van der Waals surface area contributed by atoms with Gasteiger partial charge in [-0.25, -0.2) is 0 Å². The molecule has 21 heavy (non-hydrogen) atoms. The van der Waals surface area contributed by atoms with Gasteiger partial charge >= 0.3 is 6.18 Å². The normalized spacial score (nSPS) is 13.4. The molecule has 2 rings (SSSR count). The van der Waals surface area contributed by atoms with E-state index in [4.69, 9.17) is 4.42 Å². The zero-order valence-corrected chi connectivity index (χ0v) is 12.0. The van der Waals surface area contributed by atoms with Gasteiger partial charge in [0.15, 0.2) is 0 Å². The average Bonchev–Trinajstić information content (AvgIpc) is 2.92. The predicted molar refractivity (Wildman–Crippen MR) is 75.0 cm³/mol. The molecule has 0 saturated carbocycles. The van der Waals surface area contributed by atoms with Crippen molar-refractivity contribution in [1.82, 2.24) is 5.32 Å². The third kappa shape index (κ3) is 3.47. The van der Waals surface area contributed by atoms with Crippen molar-refractivity contribution in [3.63, 3.8) is 0 Å². The van der Waals surface area contributed by atoms with Crippen LogP contribution in [0.4, 0.5) is 13.2 Å². The maximum Gasteiger partial charge on any atom is 0.416 e. The number of hydrogen-bond donors (Lipinski definition) is 1. The molecule has 5 heteroatoms. The third-order valence-electron chi connectivity index (χ3n) is 3.39. The van der Waals surface area contributed by atoms with Crippen LogP contribution < -0.4 is 5.32 Å². The van der Waals surface area contributed by atoms with Crippen molar-refractivity contribution >= 4 is 0 Å². The molecule has 0 fully saturated rings. The zero-order chi connectivity index (χ0) is 15.5. The fraction of sp³-hybridized carbons (Fsp3) is 0.375. The molecular formula is C16H18F3NO. The van der Waals surface area contributed by atoms with Crippen molar-refractivity contribution in [3.05, 3.63) is 59.0 Å². The maximum absolute atomic E-state index is 12.6. The van der Waals surface area contributed by atoms with Gasteiger partial charge in [-0.05, 0) is 30.3 Å². The van der Waals surface area contributed by atoms with Gasteiger partial charge in [0.1, 0.15) is 5.76 Å². The average molecular weight is 297 g/mol. The summed E-state index contributed by atoms with van der Waals surface area (Å²) < 4.78 is 43.3. The summed E-state index contributed by atoms with van der Waals surface area (Å²) in [6.07, 6.45) is -1.95. The van der Waals surface area contributed by atoms with Crippen LogP contribution in [0.15, 0.2) is 41.0 Å². The Morgan fingerprint density at radius 1 is 1.10 bits per heavy atom. The molecule has 0 aliphatic heterocycles. The Morgan fingerprint density at radius 3 is 2.29 bits per heavy atom. The highest BCUT2D eigenvalue weighted by Gasteiger charge is 2.30. The molecule has 1 atom stereocenters. The zero-order valence-electron chi connectivity index (χ0n) is 12.0. The lowest BCUT2D eigenvalue weighted by atomic mass is 9.97. The van der Waals surface area contributed by atoms with Crippen molar-refractivity contribution in [1.29, 1.82) is 0 Å². The highest BCUT2D eigenvalue weighted by Crippen LogP contribution is 2.32. The first-order valence-corrected chi connectivity index (χ1v) is 6.94. The molecule has 0 aliphatic carbocycles. The lowest BCUT2D eigenvalue weighted by Gasteiger charge is -2.19. The number of alkyl halides is 3. The van der Waals surface area contributed by atoms with Crippen molar-refractivity contribution in [2.45, 2.75) is 32.5 Å². The van der Waals surface area contributed by atoms with Crippen LogP contribution in [-0.2, 0) is 12.6 Å². The summed E-state index contributed by atoms with van der Waals surface area (Å²) in [5.41, 5.74) is 1.13. The fourth-order valence-corrected chi connectivity index (χ4v) is 2.37. The Balaban J connectivity index is 2.35. The SMILES string of the molecule is CCNC(c1ccc(C(F)(F)F)cc1)c1ccoc1CC. The van der Waals surface area contributed by atoms with Gasteiger partial charge < -0.3 is 9.73 Å². The van der Waals surface area contributed by atoms with Gasteiger partial charge in [-0.1, -0.05) is 26.0 Å². The van der Waals surface area contributed by atoms with Gasteiger partial charge in [-0.2, -0.15) is 13.2 Å². The van der Waals surface area contributed by atoms with Crippen molar-refractivity contribution in [2.24, 2.45) is 0 Å². The molecule has 1 N–H and O–H groups in total. The molecule has 1 heterocycles. The van der Waals surface area contributed by atoms with Gasteiger partial charge in [-0.15, -0.1) is 0 Å². The summed E-state index contributed by atoms with van der Waals surface area (Å²) in [7, 11) is 0. The first kappa shape index (κ1) is 15.6. The first-order chi connectivity index (χ1) is 9.97. The number of aryl methyl sites for hydroxylation is 1. The van der Waals surface area contributed by atoms with Crippen LogP contribution >= 0.6 is 0 Å². The molecule has 0 radical (unpaired) electrons. The van der Waals surface area contributed by atoms with Crippen LogP contribution in [0.2, 0.25) is 0 Å². The summed E-state index contributed by atoms with van der Waals surface area (Å²) in [5.74, 6) is 0.848. The third-order valence-corrected chi connectivity index (χ3v) is 3.39. The van der Waals surface area contributed by atoms with Gasteiger partial charge in [0.05, 0.1) is 17.9 Å². The molecule has 0 aliphatic rings. The van der Waals surface area contributed by atoms with Crippen LogP contribution in [0.3, 0.4) is 0 Å². The van der Waals surface area contributed by atoms with E-state index in [1.54, 1.807) is 6.26 Å². The predicted octanol–water partition coefficient (Wildman–Crippen LogP) is 4.56. The highest BCUT2D eigenvalue weighted by atomic mass is 19.4. The highest BCUT2D eigenvalue weighted by molar-refractivity contribution is 5.35. The van der Waals surface area contributed by atoms with Crippen LogP contribution in [-0.4, -0.2) is 6.54 Å². The summed E-state index contributed by atoms with van der Waals surface area (Å²) in [6.45, 7) is 4.65. The second kappa shape index (κ2) is 6.35. The minimum atomic E-state index is -4.31.